The van der Waals surface area contributed by atoms with Gasteiger partial charge in [-0.2, -0.15) is 0 Å². The molecule has 0 saturated carbocycles. The predicted molar refractivity (Wildman–Crippen MR) is 95.8 cm³/mol. The Kier molecular flexibility index (Phi) is 5.48. The van der Waals surface area contributed by atoms with E-state index in [1.54, 1.807) is 0 Å². The third kappa shape index (κ3) is 4.14. The zero-order chi connectivity index (χ0) is 16.8. The lowest BCUT2D eigenvalue weighted by molar-refractivity contribution is 0.186. The predicted octanol–water partition coefficient (Wildman–Crippen LogP) is 2.12. The number of rotatable bonds is 5. The van der Waals surface area contributed by atoms with E-state index in [9.17, 15) is 0 Å². The molecule has 0 bridgehead atoms. The van der Waals surface area contributed by atoms with Crippen molar-refractivity contribution in [3.63, 3.8) is 0 Å². The molecule has 0 amide bonds. The van der Waals surface area contributed by atoms with Crippen molar-refractivity contribution >= 4 is 5.96 Å². The van der Waals surface area contributed by atoms with Gasteiger partial charge in [0.25, 0.3) is 0 Å². The van der Waals surface area contributed by atoms with Crippen molar-refractivity contribution < 1.29 is 4.74 Å². The highest BCUT2D eigenvalue weighted by Crippen LogP contribution is 2.16. The SMILES string of the molecule is CN=C(NCC1CCOC1)N(C)Cc1ncc(-c2ccccc2)[nH]1. The van der Waals surface area contributed by atoms with Gasteiger partial charge in [0.05, 0.1) is 25.0 Å². The van der Waals surface area contributed by atoms with Gasteiger partial charge in [-0.1, -0.05) is 30.3 Å². The molecule has 2 heterocycles. The Balaban J connectivity index is 1.57. The molecule has 6 nitrogen and oxygen atoms in total. The summed E-state index contributed by atoms with van der Waals surface area (Å²) < 4.78 is 5.42. The fourth-order valence-electron chi connectivity index (χ4n) is 2.87. The summed E-state index contributed by atoms with van der Waals surface area (Å²) in [5.74, 6) is 2.37. The quantitative estimate of drug-likeness (QED) is 0.652. The van der Waals surface area contributed by atoms with Crippen LogP contribution in [0.25, 0.3) is 11.3 Å². The van der Waals surface area contributed by atoms with E-state index >= 15 is 0 Å². The second kappa shape index (κ2) is 7.97. The lowest BCUT2D eigenvalue weighted by atomic mass is 10.1. The number of aliphatic imine (C=N–C) groups is 1. The molecule has 2 aromatic rings. The van der Waals surface area contributed by atoms with Gasteiger partial charge >= 0.3 is 0 Å². The Labute approximate surface area is 143 Å². The Hall–Kier alpha value is -2.34. The highest BCUT2D eigenvalue weighted by molar-refractivity contribution is 5.79. The topological polar surface area (TPSA) is 65.5 Å². The molecule has 24 heavy (non-hydrogen) atoms. The largest absolute Gasteiger partial charge is 0.381 e. The van der Waals surface area contributed by atoms with Crippen LogP contribution in [0, 0.1) is 5.92 Å². The number of imidazole rings is 1. The van der Waals surface area contributed by atoms with Crippen LogP contribution < -0.4 is 5.32 Å². The van der Waals surface area contributed by atoms with Crippen molar-refractivity contribution in [2.75, 3.05) is 33.9 Å². The molecule has 1 aliphatic heterocycles. The summed E-state index contributed by atoms with van der Waals surface area (Å²) in [6.07, 6.45) is 3.00. The number of benzene rings is 1. The van der Waals surface area contributed by atoms with Crippen LogP contribution in [-0.2, 0) is 11.3 Å². The molecule has 128 valence electrons. The molecule has 1 saturated heterocycles. The minimum Gasteiger partial charge on any atom is -0.381 e. The van der Waals surface area contributed by atoms with E-state index in [1.807, 2.05) is 38.5 Å². The average Bonchev–Trinajstić information content (AvgIpc) is 3.28. The number of guanidine groups is 1. The second-order valence-corrected chi connectivity index (χ2v) is 6.12. The van der Waals surface area contributed by atoms with Crippen LogP contribution in [0.15, 0.2) is 41.5 Å². The zero-order valence-corrected chi connectivity index (χ0v) is 14.3. The first kappa shape index (κ1) is 16.5. The summed E-state index contributed by atoms with van der Waals surface area (Å²) in [7, 11) is 3.83. The number of ether oxygens (including phenoxy) is 1. The van der Waals surface area contributed by atoms with Crippen LogP contribution in [-0.4, -0.2) is 54.7 Å². The molecule has 0 radical (unpaired) electrons. The summed E-state index contributed by atoms with van der Waals surface area (Å²) in [6.45, 7) is 3.28. The molecule has 1 aromatic heterocycles. The van der Waals surface area contributed by atoms with Crippen LogP contribution in [0.2, 0.25) is 0 Å². The molecule has 1 aliphatic rings. The van der Waals surface area contributed by atoms with E-state index in [0.717, 1.165) is 49.2 Å². The van der Waals surface area contributed by atoms with Gasteiger partial charge < -0.3 is 19.9 Å². The van der Waals surface area contributed by atoms with Crippen molar-refractivity contribution in [2.45, 2.75) is 13.0 Å². The molecule has 2 N–H and O–H groups in total. The number of hydrogen-bond donors (Lipinski definition) is 2. The van der Waals surface area contributed by atoms with Gasteiger partial charge in [-0.15, -0.1) is 0 Å². The highest BCUT2D eigenvalue weighted by atomic mass is 16.5. The van der Waals surface area contributed by atoms with Gasteiger partial charge in [0.2, 0.25) is 0 Å². The van der Waals surface area contributed by atoms with Gasteiger partial charge in [-0.3, -0.25) is 4.99 Å². The third-order valence-corrected chi connectivity index (χ3v) is 4.25. The van der Waals surface area contributed by atoms with Gasteiger partial charge in [-0.25, -0.2) is 4.98 Å². The van der Waals surface area contributed by atoms with Crippen LogP contribution in [0.4, 0.5) is 0 Å². The molecule has 0 aliphatic carbocycles. The fraction of sp³-hybridized carbons (Fsp3) is 0.444. The van der Waals surface area contributed by atoms with E-state index in [1.165, 1.54) is 0 Å². The maximum absolute atomic E-state index is 5.42. The normalized spacial score (nSPS) is 17.9. The third-order valence-electron chi connectivity index (χ3n) is 4.25. The van der Waals surface area contributed by atoms with Crippen molar-refractivity contribution in [1.29, 1.82) is 0 Å². The number of nitrogens with one attached hydrogen (secondary N) is 2. The average molecular weight is 327 g/mol. The lowest BCUT2D eigenvalue weighted by Gasteiger charge is -2.22. The highest BCUT2D eigenvalue weighted by Gasteiger charge is 2.17. The van der Waals surface area contributed by atoms with E-state index in [-0.39, 0.29) is 0 Å². The number of aromatic amines is 1. The number of H-pyrrole nitrogens is 1. The molecular weight excluding hydrogens is 302 g/mol. The molecule has 6 heteroatoms. The van der Waals surface area contributed by atoms with Gasteiger partial charge in [0, 0.05) is 33.2 Å². The maximum Gasteiger partial charge on any atom is 0.193 e. The Morgan fingerprint density at radius 2 is 2.25 bits per heavy atom. The lowest BCUT2D eigenvalue weighted by Crippen LogP contribution is -2.41. The molecule has 1 fully saturated rings. The molecule has 1 atom stereocenters. The summed E-state index contributed by atoms with van der Waals surface area (Å²) in [5.41, 5.74) is 2.17. The van der Waals surface area contributed by atoms with E-state index in [2.05, 4.69) is 37.3 Å². The van der Waals surface area contributed by atoms with Crippen molar-refractivity contribution in [3.05, 3.63) is 42.4 Å². The molecule has 0 spiro atoms. The second-order valence-electron chi connectivity index (χ2n) is 6.12. The van der Waals surface area contributed by atoms with Gasteiger partial charge in [0.1, 0.15) is 5.82 Å². The van der Waals surface area contributed by atoms with Gasteiger partial charge in [0.15, 0.2) is 5.96 Å². The Morgan fingerprint density at radius 1 is 1.42 bits per heavy atom. The fourth-order valence-corrected chi connectivity index (χ4v) is 2.87. The van der Waals surface area contributed by atoms with Crippen molar-refractivity contribution in [3.8, 4) is 11.3 Å². The first-order chi connectivity index (χ1) is 11.8. The van der Waals surface area contributed by atoms with Crippen LogP contribution in [0.3, 0.4) is 0 Å². The number of aromatic nitrogens is 2. The van der Waals surface area contributed by atoms with Crippen molar-refractivity contribution in [1.82, 2.24) is 20.2 Å². The molecule has 1 aromatic carbocycles. The summed E-state index contributed by atoms with van der Waals surface area (Å²) in [5, 5.41) is 3.42. The van der Waals surface area contributed by atoms with E-state index < -0.39 is 0 Å². The first-order valence-electron chi connectivity index (χ1n) is 8.35. The minimum atomic E-state index is 0.573. The minimum absolute atomic E-state index is 0.573. The molecule has 1 unspecified atom stereocenters. The van der Waals surface area contributed by atoms with Crippen molar-refractivity contribution in [2.24, 2.45) is 10.9 Å². The smallest absolute Gasteiger partial charge is 0.193 e. The first-order valence-corrected chi connectivity index (χ1v) is 8.35. The van der Waals surface area contributed by atoms with E-state index in [0.29, 0.717) is 12.5 Å². The Morgan fingerprint density at radius 3 is 2.96 bits per heavy atom. The summed E-state index contributed by atoms with van der Waals surface area (Å²) >= 11 is 0. The van der Waals surface area contributed by atoms with Crippen LogP contribution in [0.5, 0.6) is 0 Å². The molecular formula is C18H25N5O. The summed E-state index contributed by atoms with van der Waals surface area (Å²) in [4.78, 5) is 14.3. The maximum atomic E-state index is 5.42. The molecule has 3 rings (SSSR count). The number of hydrogen-bond acceptors (Lipinski definition) is 3. The number of nitrogens with zero attached hydrogens (tertiary/aromatic N) is 3. The van der Waals surface area contributed by atoms with Crippen LogP contribution in [0.1, 0.15) is 12.2 Å². The zero-order valence-electron chi connectivity index (χ0n) is 14.3. The van der Waals surface area contributed by atoms with E-state index in [4.69, 9.17) is 4.74 Å². The Bertz CT molecular complexity index is 661. The summed E-state index contributed by atoms with van der Waals surface area (Å²) in [6, 6.07) is 10.2. The monoisotopic (exact) mass is 327 g/mol. The van der Waals surface area contributed by atoms with Gasteiger partial charge in [-0.05, 0) is 12.0 Å². The standard InChI is InChI=1S/C18H25N5O/c1-19-18(21-10-14-8-9-24-13-14)23(2)12-17-20-11-16(22-17)15-6-4-3-5-7-15/h3-7,11,14H,8-10,12-13H2,1-2H3,(H,19,21)(H,20,22). The van der Waals surface area contributed by atoms with Crippen LogP contribution >= 0.6 is 0 Å².